The maximum absolute atomic E-state index is 12.4. The summed E-state index contributed by atoms with van der Waals surface area (Å²) in [6.07, 6.45) is 0. The number of aromatic nitrogens is 1. The topological polar surface area (TPSA) is 48.0 Å². The summed E-state index contributed by atoms with van der Waals surface area (Å²) in [7, 11) is 0. The Balaban J connectivity index is 2.77. The van der Waals surface area contributed by atoms with Gasteiger partial charge in [-0.15, -0.1) is 0 Å². The second kappa shape index (κ2) is 4.24. The first-order valence-electron chi connectivity index (χ1n) is 5.92. The molecule has 17 heavy (non-hydrogen) atoms. The van der Waals surface area contributed by atoms with E-state index in [0.717, 1.165) is 10.8 Å². The Bertz CT molecular complexity index is 599. The highest BCUT2D eigenvalue weighted by atomic mass is 16.1. The molecule has 1 atom stereocenters. The molecule has 0 aliphatic heterocycles. The van der Waals surface area contributed by atoms with Crippen LogP contribution in [-0.2, 0) is 0 Å². The number of rotatable bonds is 2. The SMILES string of the molecule is CC(C)C(C)n1c(N)cc2ccccc2c1=O. The molecule has 0 saturated carbocycles. The first kappa shape index (κ1) is 11.7. The van der Waals surface area contributed by atoms with Crippen molar-refractivity contribution in [3.05, 3.63) is 40.7 Å². The zero-order valence-electron chi connectivity index (χ0n) is 10.5. The van der Waals surface area contributed by atoms with E-state index in [0.29, 0.717) is 11.7 Å². The second-order valence-electron chi connectivity index (χ2n) is 4.82. The Kier molecular flexibility index (Phi) is 2.92. The summed E-state index contributed by atoms with van der Waals surface area (Å²) in [5.74, 6) is 0.908. The van der Waals surface area contributed by atoms with E-state index in [1.54, 1.807) is 4.57 Å². The van der Waals surface area contributed by atoms with Crippen molar-refractivity contribution >= 4 is 16.6 Å². The number of fused-ring (bicyclic) bond motifs is 1. The number of pyridine rings is 1. The van der Waals surface area contributed by atoms with Gasteiger partial charge < -0.3 is 5.73 Å². The van der Waals surface area contributed by atoms with Gasteiger partial charge in [0.05, 0.1) is 0 Å². The van der Waals surface area contributed by atoms with Gasteiger partial charge in [-0.2, -0.15) is 0 Å². The summed E-state index contributed by atoms with van der Waals surface area (Å²) in [6, 6.07) is 9.53. The van der Waals surface area contributed by atoms with Crippen molar-refractivity contribution in [2.75, 3.05) is 5.73 Å². The zero-order valence-corrected chi connectivity index (χ0v) is 10.5. The van der Waals surface area contributed by atoms with Crippen molar-refractivity contribution in [2.24, 2.45) is 5.92 Å². The second-order valence-corrected chi connectivity index (χ2v) is 4.82. The Morgan fingerprint density at radius 2 is 1.82 bits per heavy atom. The first-order valence-corrected chi connectivity index (χ1v) is 5.92. The van der Waals surface area contributed by atoms with E-state index in [1.807, 2.05) is 37.3 Å². The molecule has 0 radical (unpaired) electrons. The lowest BCUT2D eigenvalue weighted by atomic mass is 10.0. The van der Waals surface area contributed by atoms with Crippen molar-refractivity contribution in [1.29, 1.82) is 0 Å². The van der Waals surface area contributed by atoms with Gasteiger partial charge in [0.15, 0.2) is 0 Å². The molecule has 1 aromatic carbocycles. The molecule has 1 unspecified atom stereocenters. The van der Waals surface area contributed by atoms with E-state index in [4.69, 9.17) is 5.73 Å². The van der Waals surface area contributed by atoms with Gasteiger partial charge in [0, 0.05) is 11.4 Å². The van der Waals surface area contributed by atoms with Gasteiger partial charge in [-0.05, 0) is 30.4 Å². The molecular formula is C14H18N2O. The number of nitrogens with zero attached hydrogens (tertiary/aromatic N) is 1. The van der Waals surface area contributed by atoms with Gasteiger partial charge in [0.2, 0.25) is 0 Å². The molecule has 3 heteroatoms. The highest BCUT2D eigenvalue weighted by Crippen LogP contribution is 2.21. The fraction of sp³-hybridized carbons (Fsp3) is 0.357. The summed E-state index contributed by atoms with van der Waals surface area (Å²) in [6.45, 7) is 6.20. The van der Waals surface area contributed by atoms with Crippen molar-refractivity contribution < 1.29 is 0 Å². The number of nitrogens with two attached hydrogens (primary N) is 1. The molecule has 1 aromatic heterocycles. The number of hydrogen-bond acceptors (Lipinski definition) is 2. The van der Waals surface area contributed by atoms with Gasteiger partial charge >= 0.3 is 0 Å². The third-order valence-electron chi connectivity index (χ3n) is 3.36. The minimum Gasteiger partial charge on any atom is -0.385 e. The average molecular weight is 230 g/mol. The van der Waals surface area contributed by atoms with Crippen molar-refractivity contribution in [2.45, 2.75) is 26.8 Å². The fourth-order valence-electron chi connectivity index (χ4n) is 2.01. The smallest absolute Gasteiger partial charge is 0.260 e. The molecule has 2 aromatic rings. The average Bonchev–Trinajstić information content (AvgIpc) is 2.28. The van der Waals surface area contributed by atoms with Crippen LogP contribution in [0.25, 0.3) is 10.8 Å². The summed E-state index contributed by atoms with van der Waals surface area (Å²) in [4.78, 5) is 12.4. The monoisotopic (exact) mass is 230 g/mol. The fourth-order valence-corrected chi connectivity index (χ4v) is 2.01. The number of benzene rings is 1. The largest absolute Gasteiger partial charge is 0.385 e. The molecule has 0 spiro atoms. The molecule has 0 amide bonds. The minimum absolute atomic E-state index is 0.00167. The van der Waals surface area contributed by atoms with Crippen LogP contribution in [0.2, 0.25) is 0 Å². The van der Waals surface area contributed by atoms with Crippen LogP contribution in [0.15, 0.2) is 35.1 Å². The Labute approximate surface area is 101 Å². The zero-order chi connectivity index (χ0) is 12.6. The first-order chi connectivity index (χ1) is 8.02. The van der Waals surface area contributed by atoms with E-state index in [1.165, 1.54) is 0 Å². The molecule has 3 nitrogen and oxygen atoms in total. The Morgan fingerprint density at radius 3 is 2.47 bits per heavy atom. The third-order valence-corrected chi connectivity index (χ3v) is 3.36. The lowest BCUT2D eigenvalue weighted by Crippen LogP contribution is -2.28. The maximum atomic E-state index is 12.4. The minimum atomic E-state index is 0.00167. The van der Waals surface area contributed by atoms with Crippen LogP contribution < -0.4 is 11.3 Å². The molecule has 90 valence electrons. The van der Waals surface area contributed by atoms with Gasteiger partial charge in [0.1, 0.15) is 5.82 Å². The lowest BCUT2D eigenvalue weighted by molar-refractivity contribution is 0.404. The summed E-state index contributed by atoms with van der Waals surface area (Å²) < 4.78 is 1.69. The van der Waals surface area contributed by atoms with Gasteiger partial charge in [-0.1, -0.05) is 32.0 Å². The van der Waals surface area contributed by atoms with Crippen molar-refractivity contribution in [3.63, 3.8) is 0 Å². The normalized spacial score (nSPS) is 13.2. The predicted octanol–water partition coefficient (Wildman–Crippen LogP) is 2.80. The summed E-state index contributed by atoms with van der Waals surface area (Å²) in [5.41, 5.74) is 5.99. The molecule has 0 aliphatic rings. The number of nitrogen functional groups attached to an aromatic ring is 1. The van der Waals surface area contributed by atoms with E-state index in [-0.39, 0.29) is 11.6 Å². The quantitative estimate of drug-likeness (QED) is 0.862. The van der Waals surface area contributed by atoms with E-state index >= 15 is 0 Å². The van der Waals surface area contributed by atoms with E-state index < -0.39 is 0 Å². The maximum Gasteiger partial charge on any atom is 0.260 e. The van der Waals surface area contributed by atoms with Crippen LogP contribution in [0.1, 0.15) is 26.8 Å². The summed E-state index contributed by atoms with van der Waals surface area (Å²) in [5, 5.41) is 1.64. The third kappa shape index (κ3) is 1.93. The highest BCUT2D eigenvalue weighted by Gasteiger charge is 2.15. The molecule has 0 bridgehead atoms. The van der Waals surface area contributed by atoms with Crippen LogP contribution in [0.5, 0.6) is 0 Å². The molecule has 1 heterocycles. The molecule has 0 saturated heterocycles. The lowest BCUT2D eigenvalue weighted by Gasteiger charge is -2.21. The standard InChI is InChI=1S/C14H18N2O/c1-9(2)10(3)16-13(15)8-11-6-4-5-7-12(11)14(16)17/h4-10H,15H2,1-3H3. The Hall–Kier alpha value is -1.77. The van der Waals surface area contributed by atoms with Gasteiger partial charge in [-0.25, -0.2) is 0 Å². The predicted molar refractivity (Wildman–Crippen MR) is 72.2 cm³/mol. The van der Waals surface area contributed by atoms with E-state index in [2.05, 4.69) is 13.8 Å². The number of hydrogen-bond donors (Lipinski definition) is 1. The molecule has 2 rings (SSSR count). The van der Waals surface area contributed by atoms with Crippen LogP contribution >= 0.6 is 0 Å². The van der Waals surface area contributed by atoms with Crippen molar-refractivity contribution in [3.8, 4) is 0 Å². The van der Waals surface area contributed by atoms with Gasteiger partial charge in [-0.3, -0.25) is 9.36 Å². The molecule has 2 N–H and O–H groups in total. The molecule has 0 fully saturated rings. The molecule has 0 aliphatic carbocycles. The highest BCUT2D eigenvalue weighted by molar-refractivity contribution is 5.83. The van der Waals surface area contributed by atoms with Crippen LogP contribution in [-0.4, -0.2) is 4.57 Å². The van der Waals surface area contributed by atoms with Gasteiger partial charge in [0.25, 0.3) is 5.56 Å². The molecular weight excluding hydrogens is 212 g/mol. The van der Waals surface area contributed by atoms with Crippen LogP contribution in [0, 0.1) is 5.92 Å². The Morgan fingerprint density at radius 1 is 1.18 bits per heavy atom. The number of anilines is 1. The van der Waals surface area contributed by atoms with Crippen LogP contribution in [0.4, 0.5) is 5.82 Å². The van der Waals surface area contributed by atoms with Crippen molar-refractivity contribution in [1.82, 2.24) is 4.57 Å². The summed E-state index contributed by atoms with van der Waals surface area (Å²) >= 11 is 0. The van der Waals surface area contributed by atoms with Crippen LogP contribution in [0.3, 0.4) is 0 Å². The van der Waals surface area contributed by atoms with E-state index in [9.17, 15) is 4.79 Å².